The fourth-order valence-electron chi connectivity index (χ4n) is 4.28. The number of hydrogen-bond acceptors (Lipinski definition) is 3. The summed E-state index contributed by atoms with van der Waals surface area (Å²) in [5.74, 6) is 0.307. The van der Waals surface area contributed by atoms with Crippen LogP contribution in [0.4, 0.5) is 5.69 Å². The van der Waals surface area contributed by atoms with Gasteiger partial charge in [0.25, 0.3) is 0 Å². The summed E-state index contributed by atoms with van der Waals surface area (Å²) in [6.45, 7) is 6.59. The lowest BCUT2D eigenvalue weighted by atomic mass is 10.0. The van der Waals surface area contributed by atoms with E-state index in [4.69, 9.17) is 5.73 Å². The van der Waals surface area contributed by atoms with Gasteiger partial charge in [0.15, 0.2) is 0 Å². The number of rotatable bonds is 8. The summed E-state index contributed by atoms with van der Waals surface area (Å²) in [7, 11) is 0. The molecule has 166 valence electrons. The van der Waals surface area contributed by atoms with E-state index in [0.717, 1.165) is 36.2 Å². The maximum atomic E-state index is 13.5. The van der Waals surface area contributed by atoms with Crippen molar-refractivity contribution in [1.29, 1.82) is 0 Å². The van der Waals surface area contributed by atoms with Crippen LogP contribution in [0, 0.1) is 5.92 Å². The molecule has 4 rings (SSSR count). The molecule has 1 aliphatic rings. The lowest BCUT2D eigenvalue weighted by Gasteiger charge is -2.30. The summed E-state index contributed by atoms with van der Waals surface area (Å²) < 4.78 is 0. The fourth-order valence-corrected chi connectivity index (χ4v) is 4.28. The van der Waals surface area contributed by atoms with Crippen molar-refractivity contribution in [2.24, 2.45) is 11.7 Å². The summed E-state index contributed by atoms with van der Waals surface area (Å²) in [5.41, 5.74) is 11.4. The van der Waals surface area contributed by atoms with Gasteiger partial charge in [-0.25, -0.2) is 0 Å². The minimum atomic E-state index is -0.487. The molecule has 2 N–H and O–H groups in total. The molecule has 0 unspecified atom stereocenters. The van der Waals surface area contributed by atoms with Crippen molar-refractivity contribution in [2.75, 3.05) is 11.4 Å². The number of aromatic nitrogens is 1. The maximum absolute atomic E-state index is 13.5. The Balaban J connectivity index is 1.53. The first kappa shape index (κ1) is 22.2. The second kappa shape index (κ2) is 9.25. The van der Waals surface area contributed by atoms with Gasteiger partial charge in [-0.05, 0) is 67.6 Å². The Bertz CT molecular complexity index is 1040. The molecule has 1 saturated carbocycles. The van der Waals surface area contributed by atoms with Crippen LogP contribution in [0.5, 0.6) is 0 Å². The molecule has 1 heterocycles. The third-order valence-electron chi connectivity index (χ3n) is 6.01. The van der Waals surface area contributed by atoms with Crippen LogP contribution in [-0.4, -0.2) is 23.0 Å². The van der Waals surface area contributed by atoms with Gasteiger partial charge in [-0.2, -0.15) is 0 Å². The molecule has 4 nitrogen and oxygen atoms in total. The van der Waals surface area contributed by atoms with Crippen LogP contribution in [0.25, 0.3) is 11.1 Å². The monoisotopic (exact) mass is 427 g/mol. The molecule has 0 saturated heterocycles. The minimum Gasteiger partial charge on any atom is -0.324 e. The number of carbonyl (C=O) groups excluding carboxylic acids is 1. The highest BCUT2D eigenvalue weighted by Gasteiger charge is 2.47. The van der Waals surface area contributed by atoms with E-state index in [1.165, 1.54) is 11.1 Å². The normalized spacial score (nSPS) is 17.8. The summed E-state index contributed by atoms with van der Waals surface area (Å²) in [5, 5.41) is 0. The predicted octanol–water partition coefficient (Wildman–Crippen LogP) is 5.58. The number of pyridine rings is 1. The smallest absolute Gasteiger partial charge is 0.230 e. The Hall–Kier alpha value is -2.98. The van der Waals surface area contributed by atoms with Gasteiger partial charge in [-0.3, -0.25) is 9.78 Å². The van der Waals surface area contributed by atoms with Gasteiger partial charge < -0.3 is 10.6 Å². The fraction of sp³-hybridized carbons (Fsp3) is 0.357. The standard InChI is InChI=1S/C28H33N3O/c1-4-7-20-9-11-21(12-10-20)22-13-15-23(16-14-22)31(19-28(2,3)29)27(32)25-18-24(25)26-8-5-6-17-30-26/h5-6,8-17,24-25H,4,7,18-19,29H2,1-3H3/t24-,25-/m1/s1. The lowest BCUT2D eigenvalue weighted by Crippen LogP contribution is -2.48. The van der Waals surface area contributed by atoms with E-state index in [1.54, 1.807) is 6.20 Å². The van der Waals surface area contributed by atoms with E-state index >= 15 is 0 Å². The number of hydrogen-bond donors (Lipinski definition) is 1. The first-order valence-corrected chi connectivity index (χ1v) is 11.6. The van der Waals surface area contributed by atoms with Gasteiger partial charge in [0.2, 0.25) is 5.91 Å². The van der Waals surface area contributed by atoms with E-state index in [9.17, 15) is 4.79 Å². The zero-order valence-electron chi connectivity index (χ0n) is 19.3. The molecule has 0 radical (unpaired) electrons. The van der Waals surface area contributed by atoms with Crippen LogP contribution in [-0.2, 0) is 11.2 Å². The van der Waals surface area contributed by atoms with Crippen LogP contribution >= 0.6 is 0 Å². The molecule has 32 heavy (non-hydrogen) atoms. The average Bonchev–Trinajstić information content (AvgIpc) is 3.59. The van der Waals surface area contributed by atoms with Gasteiger partial charge in [-0.15, -0.1) is 0 Å². The van der Waals surface area contributed by atoms with Gasteiger partial charge in [0.05, 0.1) is 0 Å². The van der Waals surface area contributed by atoms with Crippen molar-refractivity contribution < 1.29 is 4.79 Å². The van der Waals surface area contributed by atoms with Crippen molar-refractivity contribution >= 4 is 11.6 Å². The first-order chi connectivity index (χ1) is 15.4. The van der Waals surface area contributed by atoms with Crippen molar-refractivity contribution in [3.63, 3.8) is 0 Å². The van der Waals surface area contributed by atoms with Crippen molar-refractivity contribution in [2.45, 2.75) is 51.5 Å². The Morgan fingerprint density at radius 3 is 2.25 bits per heavy atom. The molecule has 0 aliphatic heterocycles. The molecule has 1 fully saturated rings. The largest absolute Gasteiger partial charge is 0.324 e. The zero-order chi connectivity index (χ0) is 22.7. The third-order valence-corrected chi connectivity index (χ3v) is 6.01. The number of anilines is 1. The highest BCUT2D eigenvalue weighted by atomic mass is 16.2. The topological polar surface area (TPSA) is 59.2 Å². The summed E-state index contributed by atoms with van der Waals surface area (Å²) in [6.07, 6.45) is 4.90. The summed E-state index contributed by atoms with van der Waals surface area (Å²) in [6, 6.07) is 22.9. The second-order valence-electron chi connectivity index (χ2n) is 9.61. The van der Waals surface area contributed by atoms with Gasteiger partial charge >= 0.3 is 0 Å². The Kier molecular flexibility index (Phi) is 6.43. The molecular formula is C28H33N3O. The van der Waals surface area contributed by atoms with E-state index < -0.39 is 5.54 Å². The zero-order valence-corrected chi connectivity index (χ0v) is 19.3. The van der Waals surface area contributed by atoms with Gasteiger partial charge in [0.1, 0.15) is 0 Å². The number of nitrogens with zero attached hydrogens (tertiary/aromatic N) is 2. The summed E-state index contributed by atoms with van der Waals surface area (Å²) >= 11 is 0. The van der Waals surface area contributed by atoms with Crippen molar-refractivity contribution in [3.05, 3.63) is 84.2 Å². The number of nitrogens with two attached hydrogens (primary N) is 1. The van der Waals surface area contributed by atoms with Crippen LogP contribution in [0.15, 0.2) is 72.9 Å². The number of benzene rings is 2. The molecular weight excluding hydrogens is 394 g/mol. The molecule has 0 bridgehead atoms. The molecule has 0 spiro atoms. The van der Waals surface area contributed by atoms with Crippen LogP contribution in [0.2, 0.25) is 0 Å². The van der Waals surface area contributed by atoms with Crippen molar-refractivity contribution in [1.82, 2.24) is 4.98 Å². The highest BCUT2D eigenvalue weighted by molar-refractivity contribution is 5.97. The Morgan fingerprint density at radius 1 is 1.03 bits per heavy atom. The van der Waals surface area contributed by atoms with Crippen LogP contribution in [0.3, 0.4) is 0 Å². The minimum absolute atomic E-state index is 0.0296. The van der Waals surface area contributed by atoms with E-state index in [2.05, 4.69) is 48.3 Å². The third kappa shape index (κ3) is 5.25. The van der Waals surface area contributed by atoms with Gasteiger partial charge in [0, 0.05) is 41.5 Å². The molecule has 4 heteroatoms. The Morgan fingerprint density at radius 2 is 1.69 bits per heavy atom. The summed E-state index contributed by atoms with van der Waals surface area (Å²) in [4.78, 5) is 19.8. The molecule has 2 atom stereocenters. The molecule has 1 aliphatic carbocycles. The lowest BCUT2D eigenvalue weighted by molar-refractivity contribution is -0.120. The number of aryl methyl sites for hydroxylation is 1. The molecule has 2 aromatic carbocycles. The van der Waals surface area contributed by atoms with E-state index in [0.29, 0.717) is 6.54 Å². The predicted molar refractivity (Wildman–Crippen MR) is 132 cm³/mol. The molecule has 3 aromatic rings. The van der Waals surface area contributed by atoms with Crippen LogP contribution < -0.4 is 10.6 Å². The molecule has 1 amide bonds. The second-order valence-corrected chi connectivity index (χ2v) is 9.61. The average molecular weight is 428 g/mol. The number of carbonyl (C=O) groups is 1. The maximum Gasteiger partial charge on any atom is 0.230 e. The SMILES string of the molecule is CCCc1ccc(-c2ccc(N(CC(C)(C)N)C(=O)[C@@H]3C[C@H]3c3ccccn3)cc2)cc1. The quantitative estimate of drug-likeness (QED) is 0.511. The number of amides is 1. The first-order valence-electron chi connectivity index (χ1n) is 11.6. The van der Waals surface area contributed by atoms with Crippen LogP contribution in [0.1, 0.15) is 50.8 Å². The van der Waals surface area contributed by atoms with Gasteiger partial charge in [-0.1, -0.05) is 55.8 Å². The van der Waals surface area contributed by atoms with Crippen molar-refractivity contribution in [3.8, 4) is 11.1 Å². The highest BCUT2D eigenvalue weighted by Crippen LogP contribution is 2.48. The van der Waals surface area contributed by atoms with E-state index in [-0.39, 0.29) is 17.7 Å². The van der Waals surface area contributed by atoms with E-state index in [1.807, 2.05) is 49.1 Å². The molecule has 1 aromatic heterocycles. The Labute approximate surface area is 191 Å².